The highest BCUT2D eigenvalue weighted by atomic mass is 19.1. The second-order valence-electron chi connectivity index (χ2n) is 6.66. The van der Waals surface area contributed by atoms with Gasteiger partial charge in [0.05, 0.1) is 0 Å². The molecule has 23 heavy (non-hydrogen) atoms. The highest BCUT2D eigenvalue weighted by molar-refractivity contribution is 5.79. The van der Waals surface area contributed by atoms with Crippen molar-refractivity contribution in [3.63, 3.8) is 0 Å². The Morgan fingerprint density at radius 3 is 2.48 bits per heavy atom. The molecule has 1 aliphatic heterocycles. The molecule has 1 aromatic carbocycles. The third-order valence-electron chi connectivity index (χ3n) is 4.88. The number of aliphatic hydroxyl groups excluding tert-OH is 1. The lowest BCUT2D eigenvalue weighted by Crippen LogP contribution is -2.45. The summed E-state index contributed by atoms with van der Waals surface area (Å²) in [6.45, 7) is 1.58. The second kappa shape index (κ2) is 6.93. The van der Waals surface area contributed by atoms with Crippen LogP contribution < -0.4 is 5.32 Å². The molecule has 0 radical (unpaired) electrons. The van der Waals surface area contributed by atoms with E-state index >= 15 is 0 Å². The van der Waals surface area contributed by atoms with Gasteiger partial charge in [-0.25, -0.2) is 8.78 Å². The smallest absolute Gasteiger partial charge is 0.223 e. The third kappa shape index (κ3) is 3.87. The van der Waals surface area contributed by atoms with Crippen LogP contribution in [0.1, 0.15) is 24.8 Å². The molecule has 3 rings (SSSR count). The summed E-state index contributed by atoms with van der Waals surface area (Å²) in [5.41, 5.74) is 0.560. The Hall–Kier alpha value is -1.53. The maximum Gasteiger partial charge on any atom is 0.223 e. The maximum absolute atomic E-state index is 13.3. The van der Waals surface area contributed by atoms with Gasteiger partial charge in [-0.1, -0.05) is 6.42 Å². The molecular formula is C17H22F2N2O2. The summed E-state index contributed by atoms with van der Waals surface area (Å²) in [6.07, 6.45) is 2.98. The molecule has 2 atom stereocenters. The molecule has 2 fully saturated rings. The molecule has 0 bridgehead atoms. The van der Waals surface area contributed by atoms with Crippen molar-refractivity contribution in [2.75, 3.05) is 19.7 Å². The zero-order chi connectivity index (χ0) is 16.4. The van der Waals surface area contributed by atoms with E-state index in [0.717, 1.165) is 25.3 Å². The van der Waals surface area contributed by atoms with Gasteiger partial charge in [-0.05, 0) is 30.5 Å². The van der Waals surface area contributed by atoms with Gasteiger partial charge >= 0.3 is 0 Å². The molecule has 6 heteroatoms. The van der Waals surface area contributed by atoms with Crippen LogP contribution >= 0.6 is 0 Å². The molecule has 0 spiro atoms. The highest BCUT2D eigenvalue weighted by Crippen LogP contribution is 2.27. The van der Waals surface area contributed by atoms with Gasteiger partial charge in [-0.2, -0.15) is 0 Å². The average molecular weight is 324 g/mol. The number of rotatable bonds is 5. The van der Waals surface area contributed by atoms with Gasteiger partial charge < -0.3 is 10.4 Å². The van der Waals surface area contributed by atoms with E-state index in [1.807, 2.05) is 4.90 Å². The lowest BCUT2D eigenvalue weighted by atomic mass is 9.84. The van der Waals surface area contributed by atoms with E-state index in [-0.39, 0.29) is 30.4 Å². The first-order chi connectivity index (χ1) is 11.0. The predicted octanol–water partition coefficient (Wildman–Crippen LogP) is 1.67. The summed E-state index contributed by atoms with van der Waals surface area (Å²) < 4.78 is 26.5. The van der Waals surface area contributed by atoms with Gasteiger partial charge in [-0.3, -0.25) is 9.69 Å². The van der Waals surface area contributed by atoms with Crippen molar-refractivity contribution in [3.05, 3.63) is 35.4 Å². The number of carbonyl (C=O) groups excluding carboxylic acids is 1. The van der Waals surface area contributed by atoms with Crippen molar-refractivity contribution >= 4 is 5.91 Å². The molecule has 1 aromatic rings. The van der Waals surface area contributed by atoms with Gasteiger partial charge in [0.25, 0.3) is 0 Å². The van der Waals surface area contributed by atoms with Crippen molar-refractivity contribution in [3.8, 4) is 0 Å². The van der Waals surface area contributed by atoms with Gasteiger partial charge in [0.2, 0.25) is 5.91 Å². The molecule has 1 amide bonds. The number of hydrogen-bond acceptors (Lipinski definition) is 3. The van der Waals surface area contributed by atoms with Crippen LogP contribution in [-0.2, 0) is 11.3 Å². The van der Waals surface area contributed by atoms with Crippen LogP contribution in [-0.4, -0.2) is 41.7 Å². The first-order valence-corrected chi connectivity index (χ1v) is 8.13. The van der Waals surface area contributed by atoms with Crippen LogP contribution in [0.4, 0.5) is 8.78 Å². The topological polar surface area (TPSA) is 52.6 Å². The number of halogens is 2. The fourth-order valence-corrected chi connectivity index (χ4v) is 3.37. The summed E-state index contributed by atoms with van der Waals surface area (Å²) in [7, 11) is 0. The lowest BCUT2D eigenvalue weighted by Gasteiger charge is -2.27. The SMILES string of the molecule is O=C(N[C@@H]1CN(Cc2cc(F)cc(F)c2)C[C@H]1CO)C1CCC1. The molecule has 1 aliphatic carbocycles. The largest absolute Gasteiger partial charge is 0.396 e. The first-order valence-electron chi connectivity index (χ1n) is 8.13. The van der Waals surface area contributed by atoms with E-state index in [2.05, 4.69) is 5.32 Å². The highest BCUT2D eigenvalue weighted by Gasteiger charge is 2.35. The molecule has 1 heterocycles. The zero-order valence-corrected chi connectivity index (χ0v) is 13.0. The predicted molar refractivity (Wildman–Crippen MR) is 81.5 cm³/mol. The fourth-order valence-electron chi connectivity index (χ4n) is 3.37. The molecule has 4 nitrogen and oxygen atoms in total. The van der Waals surface area contributed by atoms with Gasteiger partial charge in [-0.15, -0.1) is 0 Å². The minimum Gasteiger partial charge on any atom is -0.396 e. The van der Waals surface area contributed by atoms with Gasteiger partial charge in [0, 0.05) is 50.2 Å². The Morgan fingerprint density at radius 2 is 1.91 bits per heavy atom. The number of nitrogens with zero attached hydrogens (tertiary/aromatic N) is 1. The van der Waals surface area contributed by atoms with Gasteiger partial charge in [0.1, 0.15) is 11.6 Å². The van der Waals surface area contributed by atoms with Crippen LogP contribution in [0.25, 0.3) is 0 Å². The Morgan fingerprint density at radius 1 is 1.22 bits per heavy atom. The van der Waals surface area contributed by atoms with Crippen molar-refractivity contribution in [1.29, 1.82) is 0 Å². The Bertz CT molecular complexity index is 557. The Labute approximate surface area is 134 Å². The van der Waals surface area contributed by atoms with E-state index in [4.69, 9.17) is 0 Å². The van der Waals surface area contributed by atoms with Crippen molar-refractivity contribution < 1.29 is 18.7 Å². The van der Waals surface area contributed by atoms with Crippen LogP contribution in [0.15, 0.2) is 18.2 Å². The molecule has 1 saturated heterocycles. The van der Waals surface area contributed by atoms with Gasteiger partial charge in [0.15, 0.2) is 0 Å². The van der Waals surface area contributed by atoms with Crippen LogP contribution in [0, 0.1) is 23.5 Å². The van der Waals surface area contributed by atoms with E-state index in [1.165, 1.54) is 12.1 Å². The molecule has 2 aliphatic rings. The maximum atomic E-state index is 13.3. The Kier molecular flexibility index (Phi) is 4.92. The average Bonchev–Trinajstić information content (AvgIpc) is 2.77. The molecule has 1 saturated carbocycles. The monoisotopic (exact) mass is 324 g/mol. The summed E-state index contributed by atoms with van der Waals surface area (Å²) in [4.78, 5) is 14.1. The minimum atomic E-state index is -0.590. The lowest BCUT2D eigenvalue weighted by molar-refractivity contribution is -0.128. The molecule has 2 N–H and O–H groups in total. The number of hydrogen-bond donors (Lipinski definition) is 2. The first kappa shape index (κ1) is 16.3. The summed E-state index contributed by atoms with van der Waals surface area (Å²) >= 11 is 0. The number of carbonyl (C=O) groups is 1. The number of amides is 1. The van der Waals surface area contributed by atoms with Crippen molar-refractivity contribution in [1.82, 2.24) is 10.2 Å². The zero-order valence-electron chi connectivity index (χ0n) is 13.0. The number of nitrogens with one attached hydrogen (secondary N) is 1. The number of benzene rings is 1. The van der Waals surface area contributed by atoms with E-state index < -0.39 is 11.6 Å². The molecule has 0 unspecified atom stereocenters. The molecule has 0 aromatic heterocycles. The van der Waals surface area contributed by atoms with Crippen molar-refractivity contribution in [2.45, 2.75) is 31.8 Å². The fraction of sp³-hybridized carbons (Fsp3) is 0.588. The minimum absolute atomic E-state index is 0.0103. The quantitative estimate of drug-likeness (QED) is 0.866. The van der Waals surface area contributed by atoms with E-state index in [9.17, 15) is 18.7 Å². The number of aliphatic hydroxyl groups is 1. The summed E-state index contributed by atoms with van der Waals surface area (Å²) in [5.74, 6) is -1.04. The molecular weight excluding hydrogens is 302 g/mol. The van der Waals surface area contributed by atoms with Crippen LogP contribution in [0.5, 0.6) is 0 Å². The van der Waals surface area contributed by atoms with Crippen molar-refractivity contribution in [2.24, 2.45) is 11.8 Å². The summed E-state index contributed by atoms with van der Waals surface area (Å²) in [5, 5.41) is 12.6. The number of likely N-dealkylation sites (tertiary alicyclic amines) is 1. The standard InChI is InChI=1S/C17H22F2N2O2/c18-14-4-11(5-15(19)6-14)7-21-8-13(10-22)16(9-21)20-17(23)12-2-1-3-12/h4-6,12-13,16,22H,1-3,7-10H2,(H,20,23)/t13-,16+/m0/s1. The van der Waals surface area contributed by atoms with E-state index in [1.54, 1.807) is 0 Å². The van der Waals surface area contributed by atoms with Crippen LogP contribution in [0.3, 0.4) is 0 Å². The third-order valence-corrected chi connectivity index (χ3v) is 4.88. The molecule has 126 valence electrons. The van der Waals surface area contributed by atoms with E-state index in [0.29, 0.717) is 25.2 Å². The summed E-state index contributed by atoms with van der Waals surface area (Å²) in [6, 6.07) is 3.38. The normalized spacial score (nSPS) is 25.3. The second-order valence-corrected chi connectivity index (χ2v) is 6.66. The van der Waals surface area contributed by atoms with Crippen LogP contribution in [0.2, 0.25) is 0 Å². The Balaban J connectivity index is 1.60.